The Balaban J connectivity index is 1.33. The summed E-state index contributed by atoms with van der Waals surface area (Å²) in [6.45, 7) is 11.0. The summed E-state index contributed by atoms with van der Waals surface area (Å²) in [5.41, 5.74) is 5.01. The minimum atomic E-state index is 0.514. The minimum absolute atomic E-state index is 0.514. The second-order valence-electron chi connectivity index (χ2n) is 8.45. The van der Waals surface area contributed by atoms with E-state index >= 15 is 0 Å². The van der Waals surface area contributed by atoms with E-state index in [0.29, 0.717) is 5.54 Å². The maximum atomic E-state index is 5.01. The third-order valence-electron chi connectivity index (χ3n) is 7.04. The Morgan fingerprint density at radius 2 is 2.25 bits per heavy atom. The van der Waals surface area contributed by atoms with E-state index in [1.54, 1.807) is 0 Å². The first-order chi connectivity index (χ1) is 13.7. The van der Waals surface area contributed by atoms with Gasteiger partial charge in [0.2, 0.25) is 0 Å². The Bertz CT molecular complexity index is 914. The fourth-order valence-electron chi connectivity index (χ4n) is 5.57. The van der Waals surface area contributed by atoms with Crippen molar-refractivity contribution in [3.05, 3.63) is 58.9 Å². The number of hydrogen-bond acceptors (Lipinski definition) is 4. The molecule has 1 saturated carbocycles. The first kappa shape index (κ1) is 18.3. The molecule has 2 unspecified atom stereocenters. The molecule has 3 fully saturated rings. The Morgan fingerprint density at radius 3 is 3.07 bits per heavy atom. The number of nitrogens with zero attached hydrogens (tertiary/aromatic N) is 3. The predicted molar refractivity (Wildman–Crippen MR) is 118 cm³/mol. The highest BCUT2D eigenvalue weighted by Crippen LogP contribution is 2.49. The summed E-state index contributed by atoms with van der Waals surface area (Å²) in [7, 11) is 0. The molecular weight excluding hydrogens is 362 g/mol. The van der Waals surface area contributed by atoms with Crippen molar-refractivity contribution < 1.29 is 0 Å². The van der Waals surface area contributed by atoms with Gasteiger partial charge in [-0.25, -0.2) is 4.98 Å². The molecule has 2 saturated heterocycles. The van der Waals surface area contributed by atoms with Crippen molar-refractivity contribution in [2.75, 3.05) is 19.6 Å². The van der Waals surface area contributed by atoms with Crippen molar-refractivity contribution in [2.24, 2.45) is 0 Å². The first-order valence-electron chi connectivity index (χ1n) is 10.6. The summed E-state index contributed by atoms with van der Waals surface area (Å²) in [6.07, 6.45) is 9.66. The van der Waals surface area contributed by atoms with E-state index < -0.39 is 0 Å². The molecule has 2 atom stereocenters. The van der Waals surface area contributed by atoms with Crippen LogP contribution in [-0.2, 0) is 6.54 Å². The molecule has 146 valence electrons. The number of thiazole rings is 1. The van der Waals surface area contributed by atoms with Crippen LogP contribution in [-0.4, -0.2) is 46.0 Å². The van der Waals surface area contributed by atoms with Crippen LogP contribution in [0.3, 0.4) is 0 Å². The van der Waals surface area contributed by atoms with Gasteiger partial charge >= 0.3 is 0 Å². The fraction of sp³-hybridized carbons (Fsp3) is 0.458. The van der Waals surface area contributed by atoms with Gasteiger partial charge in [-0.15, -0.1) is 11.3 Å². The average Bonchev–Trinajstić information content (AvgIpc) is 3.35. The van der Waals surface area contributed by atoms with Crippen LogP contribution in [0.25, 0.3) is 16.8 Å². The molecule has 5 rings (SSSR count). The Hall–Kier alpha value is -1.75. The number of rotatable bonds is 5. The van der Waals surface area contributed by atoms with Crippen molar-refractivity contribution in [2.45, 2.75) is 50.7 Å². The number of hydrogen-bond donors (Lipinski definition) is 0. The molecule has 0 radical (unpaired) electrons. The smallest absolute Gasteiger partial charge is 0.107 e. The first-order valence-corrected chi connectivity index (χ1v) is 11.4. The molecule has 1 aromatic heterocycles. The van der Waals surface area contributed by atoms with Crippen LogP contribution in [0.2, 0.25) is 0 Å². The highest BCUT2D eigenvalue weighted by atomic mass is 32.1. The van der Waals surface area contributed by atoms with E-state index in [1.807, 2.05) is 24.3 Å². The molecular formula is C24H29N3S. The molecule has 4 heteroatoms. The van der Waals surface area contributed by atoms with E-state index in [4.69, 9.17) is 4.98 Å². The lowest BCUT2D eigenvalue weighted by Gasteiger charge is -2.60. The molecule has 3 aliphatic rings. The van der Waals surface area contributed by atoms with Crippen molar-refractivity contribution in [3.8, 4) is 11.3 Å². The Morgan fingerprint density at radius 1 is 1.32 bits per heavy atom. The Kier molecular flexibility index (Phi) is 4.74. The molecule has 28 heavy (non-hydrogen) atoms. The van der Waals surface area contributed by atoms with Gasteiger partial charge in [-0.1, -0.05) is 36.9 Å². The normalized spacial score (nSPS) is 27.5. The van der Waals surface area contributed by atoms with Crippen LogP contribution in [0, 0.1) is 0 Å². The summed E-state index contributed by atoms with van der Waals surface area (Å²) in [6, 6.07) is 9.34. The van der Waals surface area contributed by atoms with Gasteiger partial charge in [-0.05, 0) is 49.8 Å². The zero-order valence-corrected chi connectivity index (χ0v) is 17.5. The maximum Gasteiger partial charge on any atom is 0.107 e. The van der Waals surface area contributed by atoms with E-state index in [1.165, 1.54) is 61.5 Å². The summed E-state index contributed by atoms with van der Waals surface area (Å²) in [5.74, 6) is 0. The van der Waals surface area contributed by atoms with Crippen molar-refractivity contribution >= 4 is 16.9 Å². The Labute approximate surface area is 172 Å². The van der Waals surface area contributed by atoms with Crippen molar-refractivity contribution in [3.63, 3.8) is 0 Å². The molecule has 1 aromatic carbocycles. The molecule has 0 bridgehead atoms. The molecule has 2 aromatic rings. The third kappa shape index (κ3) is 2.99. The lowest BCUT2D eigenvalue weighted by molar-refractivity contribution is -0.106. The average molecular weight is 392 g/mol. The molecule has 0 N–H and O–H groups in total. The van der Waals surface area contributed by atoms with Gasteiger partial charge < -0.3 is 0 Å². The standard InChI is InChI=1S/C24H29N3S/c1-3-6-18(2)19-7-4-8-20(15-19)21-17-28-23(25-21)16-26-13-14-27-12-11-24(27)10-5-9-22(24)26/h3-4,6-8,15,17,22H,2,5,9-14,16H2,1H3/b6-3-. The number of benzene rings is 1. The van der Waals surface area contributed by atoms with Crippen LogP contribution in [0.15, 0.2) is 48.4 Å². The summed E-state index contributed by atoms with van der Waals surface area (Å²) in [5, 5.41) is 3.47. The van der Waals surface area contributed by atoms with E-state index in [0.717, 1.165) is 23.9 Å². The van der Waals surface area contributed by atoms with Gasteiger partial charge in [0, 0.05) is 42.2 Å². The van der Waals surface area contributed by atoms with Crippen LogP contribution < -0.4 is 0 Å². The van der Waals surface area contributed by atoms with Gasteiger partial charge in [0.1, 0.15) is 5.01 Å². The minimum Gasteiger partial charge on any atom is -0.295 e. The SMILES string of the molecule is C=C(/C=C\C)c1cccc(-c2csc(CN3CCN4CCC45CCCC35)n2)c1. The monoisotopic (exact) mass is 391 g/mol. The topological polar surface area (TPSA) is 19.4 Å². The van der Waals surface area contributed by atoms with Crippen LogP contribution in [0.4, 0.5) is 0 Å². The fourth-order valence-corrected chi connectivity index (χ4v) is 6.40. The van der Waals surface area contributed by atoms with Gasteiger partial charge in [0.05, 0.1) is 12.2 Å². The van der Waals surface area contributed by atoms with E-state index in [-0.39, 0.29) is 0 Å². The molecule has 1 spiro atoms. The van der Waals surface area contributed by atoms with E-state index in [9.17, 15) is 0 Å². The quantitative estimate of drug-likeness (QED) is 0.652. The molecule has 1 aliphatic carbocycles. The highest BCUT2D eigenvalue weighted by molar-refractivity contribution is 7.09. The van der Waals surface area contributed by atoms with Crippen LogP contribution >= 0.6 is 11.3 Å². The maximum absolute atomic E-state index is 5.01. The summed E-state index contributed by atoms with van der Waals surface area (Å²) in [4.78, 5) is 10.5. The lowest BCUT2D eigenvalue weighted by Crippen LogP contribution is -2.72. The predicted octanol–water partition coefficient (Wildman–Crippen LogP) is 5.21. The third-order valence-corrected chi connectivity index (χ3v) is 7.87. The van der Waals surface area contributed by atoms with Gasteiger partial charge in [0.15, 0.2) is 0 Å². The largest absolute Gasteiger partial charge is 0.295 e. The molecule has 3 nitrogen and oxygen atoms in total. The second-order valence-corrected chi connectivity index (χ2v) is 9.39. The van der Waals surface area contributed by atoms with Gasteiger partial charge in [-0.3, -0.25) is 9.80 Å². The van der Waals surface area contributed by atoms with Crippen LogP contribution in [0.5, 0.6) is 0 Å². The van der Waals surface area contributed by atoms with E-state index in [2.05, 4.69) is 52.1 Å². The molecule has 0 amide bonds. The number of allylic oxidation sites excluding steroid dienone is 3. The number of aromatic nitrogens is 1. The zero-order chi connectivity index (χ0) is 19.1. The highest BCUT2D eigenvalue weighted by Gasteiger charge is 2.56. The lowest BCUT2D eigenvalue weighted by atomic mass is 9.77. The van der Waals surface area contributed by atoms with Gasteiger partial charge in [-0.2, -0.15) is 0 Å². The number of piperazine rings is 1. The zero-order valence-electron chi connectivity index (χ0n) is 16.7. The summed E-state index contributed by atoms with van der Waals surface area (Å²) < 4.78 is 0. The van der Waals surface area contributed by atoms with Gasteiger partial charge in [0.25, 0.3) is 0 Å². The van der Waals surface area contributed by atoms with Crippen LogP contribution in [0.1, 0.15) is 43.2 Å². The molecule has 2 aliphatic heterocycles. The summed E-state index contributed by atoms with van der Waals surface area (Å²) >= 11 is 1.81. The van der Waals surface area contributed by atoms with Crippen molar-refractivity contribution in [1.82, 2.24) is 14.8 Å². The molecule has 3 heterocycles. The van der Waals surface area contributed by atoms with Crippen molar-refractivity contribution in [1.29, 1.82) is 0 Å². The second kappa shape index (κ2) is 7.25.